The third-order valence-corrected chi connectivity index (χ3v) is 3.96. The minimum Gasteiger partial charge on any atom is -0.212 e. The average Bonchev–Trinajstić information content (AvgIpc) is 2.69. The zero-order chi connectivity index (χ0) is 9.90. The lowest BCUT2D eigenvalue weighted by Crippen LogP contribution is -2.35. The molecule has 13 heavy (non-hydrogen) atoms. The second kappa shape index (κ2) is 4.62. The van der Waals surface area contributed by atoms with Gasteiger partial charge in [-0.1, -0.05) is 0 Å². The van der Waals surface area contributed by atoms with Crippen molar-refractivity contribution in [1.29, 1.82) is 0 Å². The number of hydrogen-bond donors (Lipinski definition) is 1. The second-order valence-corrected chi connectivity index (χ2v) is 5.90. The highest BCUT2D eigenvalue weighted by Gasteiger charge is 2.28. The first-order valence-electron chi connectivity index (χ1n) is 4.59. The highest BCUT2D eigenvalue weighted by atomic mass is 35.5. The van der Waals surface area contributed by atoms with Gasteiger partial charge in [0.25, 0.3) is 0 Å². The molecule has 3 nitrogen and oxygen atoms in total. The molecule has 1 fully saturated rings. The van der Waals surface area contributed by atoms with E-state index in [0.717, 1.165) is 12.8 Å². The molecule has 0 aromatic carbocycles. The van der Waals surface area contributed by atoms with E-state index >= 15 is 0 Å². The third kappa shape index (κ3) is 4.84. The van der Waals surface area contributed by atoms with Crippen molar-refractivity contribution in [3.8, 4) is 0 Å². The summed E-state index contributed by atoms with van der Waals surface area (Å²) in [6, 6.07) is -0.0405. The molecule has 1 rings (SSSR count). The lowest BCUT2D eigenvalue weighted by atomic mass is 10.3. The van der Waals surface area contributed by atoms with Gasteiger partial charge in [-0.25, -0.2) is 13.1 Å². The molecule has 1 aliphatic rings. The Morgan fingerprint density at radius 3 is 2.62 bits per heavy atom. The minimum absolute atomic E-state index is 0.0405. The zero-order valence-electron chi connectivity index (χ0n) is 7.79. The normalized spacial score (nSPS) is 20.2. The maximum absolute atomic E-state index is 11.4. The highest BCUT2D eigenvalue weighted by Crippen LogP contribution is 2.30. The zero-order valence-corrected chi connectivity index (χ0v) is 9.37. The molecule has 0 spiro atoms. The molecule has 1 aliphatic carbocycles. The van der Waals surface area contributed by atoms with Crippen molar-refractivity contribution >= 4 is 21.6 Å². The van der Waals surface area contributed by atoms with Crippen LogP contribution >= 0.6 is 11.6 Å². The number of hydrogen-bond acceptors (Lipinski definition) is 2. The Morgan fingerprint density at radius 2 is 2.15 bits per heavy atom. The number of nitrogens with one attached hydrogen (secondary N) is 1. The fourth-order valence-electron chi connectivity index (χ4n) is 1.17. The Balaban J connectivity index is 2.31. The van der Waals surface area contributed by atoms with Gasteiger partial charge in [-0.2, -0.15) is 0 Å². The topological polar surface area (TPSA) is 46.2 Å². The van der Waals surface area contributed by atoms with E-state index in [9.17, 15) is 8.42 Å². The first-order chi connectivity index (χ1) is 6.03. The molecule has 0 aliphatic heterocycles. The molecule has 5 heteroatoms. The summed E-state index contributed by atoms with van der Waals surface area (Å²) >= 11 is 5.51. The quantitative estimate of drug-likeness (QED) is 0.694. The van der Waals surface area contributed by atoms with E-state index in [1.165, 1.54) is 0 Å². The van der Waals surface area contributed by atoms with E-state index in [1.54, 1.807) is 0 Å². The molecular weight excluding hydrogens is 210 g/mol. The van der Waals surface area contributed by atoms with Crippen LogP contribution < -0.4 is 4.72 Å². The summed E-state index contributed by atoms with van der Waals surface area (Å²) in [5, 5.41) is 0. The van der Waals surface area contributed by atoms with Gasteiger partial charge in [0.05, 0.1) is 5.75 Å². The minimum atomic E-state index is -3.05. The summed E-state index contributed by atoms with van der Waals surface area (Å²) in [6.07, 6.45) is 2.81. The number of rotatable bonds is 6. The van der Waals surface area contributed by atoms with Crippen LogP contribution in [-0.4, -0.2) is 26.1 Å². The molecule has 0 amide bonds. The summed E-state index contributed by atoms with van der Waals surface area (Å²) in [7, 11) is -3.05. The van der Waals surface area contributed by atoms with Gasteiger partial charge in [0, 0.05) is 11.9 Å². The Morgan fingerprint density at radius 1 is 1.54 bits per heavy atom. The standard InChI is InChI=1S/C8H16ClNO2S/c1-7(4-5-9)10-13(11,12)6-8-2-3-8/h7-8,10H,2-6H2,1H3. The first-order valence-corrected chi connectivity index (χ1v) is 6.78. The maximum Gasteiger partial charge on any atom is 0.212 e. The molecule has 78 valence electrons. The van der Waals surface area contributed by atoms with Crippen molar-refractivity contribution in [2.75, 3.05) is 11.6 Å². The van der Waals surface area contributed by atoms with Crippen LogP contribution in [-0.2, 0) is 10.0 Å². The van der Waals surface area contributed by atoms with Crippen LogP contribution in [0.5, 0.6) is 0 Å². The fourth-order valence-corrected chi connectivity index (χ4v) is 3.28. The Kier molecular flexibility index (Phi) is 4.01. The van der Waals surface area contributed by atoms with Crippen molar-refractivity contribution in [1.82, 2.24) is 4.72 Å². The molecule has 1 atom stereocenters. The molecule has 1 N–H and O–H groups in total. The predicted molar refractivity (Wildman–Crippen MR) is 54.4 cm³/mol. The van der Waals surface area contributed by atoms with Gasteiger partial charge >= 0.3 is 0 Å². The summed E-state index contributed by atoms with van der Waals surface area (Å²) in [5.41, 5.74) is 0. The van der Waals surface area contributed by atoms with E-state index < -0.39 is 10.0 Å². The lowest BCUT2D eigenvalue weighted by molar-refractivity contribution is 0.553. The molecule has 1 unspecified atom stereocenters. The van der Waals surface area contributed by atoms with Gasteiger partial charge in [-0.3, -0.25) is 0 Å². The van der Waals surface area contributed by atoms with Gasteiger partial charge in [0.2, 0.25) is 10.0 Å². The molecule has 0 heterocycles. The summed E-state index contributed by atoms with van der Waals surface area (Å²) in [5.74, 6) is 1.19. The van der Waals surface area contributed by atoms with E-state index in [4.69, 9.17) is 11.6 Å². The molecule has 0 aromatic heterocycles. The third-order valence-electron chi connectivity index (χ3n) is 2.07. The largest absolute Gasteiger partial charge is 0.212 e. The second-order valence-electron chi connectivity index (χ2n) is 3.72. The Bertz CT molecular complexity index is 249. The highest BCUT2D eigenvalue weighted by molar-refractivity contribution is 7.89. The summed E-state index contributed by atoms with van der Waals surface area (Å²) in [6.45, 7) is 1.84. The van der Waals surface area contributed by atoms with Gasteiger partial charge < -0.3 is 0 Å². The van der Waals surface area contributed by atoms with Crippen molar-refractivity contribution in [3.63, 3.8) is 0 Å². The van der Waals surface area contributed by atoms with Crippen molar-refractivity contribution < 1.29 is 8.42 Å². The molecule has 0 bridgehead atoms. The SMILES string of the molecule is CC(CCCl)NS(=O)(=O)CC1CC1. The number of sulfonamides is 1. The number of alkyl halides is 1. The van der Waals surface area contributed by atoms with Gasteiger partial charge in [0.1, 0.15) is 0 Å². The number of halogens is 1. The van der Waals surface area contributed by atoms with Crippen molar-refractivity contribution in [3.05, 3.63) is 0 Å². The van der Waals surface area contributed by atoms with Gasteiger partial charge in [0.15, 0.2) is 0 Å². The lowest BCUT2D eigenvalue weighted by Gasteiger charge is -2.12. The van der Waals surface area contributed by atoms with Crippen LogP contribution in [0.4, 0.5) is 0 Å². The monoisotopic (exact) mass is 225 g/mol. The molecule has 0 aromatic rings. The summed E-state index contributed by atoms with van der Waals surface area (Å²) < 4.78 is 25.4. The van der Waals surface area contributed by atoms with Crippen molar-refractivity contribution in [2.45, 2.75) is 32.2 Å². The predicted octanol–water partition coefficient (Wildman–Crippen LogP) is 1.33. The fraction of sp³-hybridized carbons (Fsp3) is 1.00. The van der Waals surface area contributed by atoms with Crippen LogP contribution in [0.1, 0.15) is 26.2 Å². The first kappa shape index (κ1) is 11.3. The molecule has 0 saturated heterocycles. The van der Waals surface area contributed by atoms with E-state index in [0.29, 0.717) is 24.0 Å². The maximum atomic E-state index is 11.4. The Hall–Kier alpha value is 0.200. The van der Waals surface area contributed by atoms with E-state index in [-0.39, 0.29) is 6.04 Å². The van der Waals surface area contributed by atoms with E-state index in [2.05, 4.69) is 4.72 Å². The van der Waals surface area contributed by atoms with Gasteiger partial charge in [-0.05, 0) is 32.1 Å². The summed E-state index contributed by atoms with van der Waals surface area (Å²) in [4.78, 5) is 0. The van der Waals surface area contributed by atoms with E-state index in [1.807, 2.05) is 6.92 Å². The molecular formula is C8H16ClNO2S. The molecule has 0 radical (unpaired) electrons. The van der Waals surface area contributed by atoms with Crippen LogP contribution in [0.15, 0.2) is 0 Å². The smallest absolute Gasteiger partial charge is 0.212 e. The van der Waals surface area contributed by atoms with Crippen molar-refractivity contribution in [2.24, 2.45) is 5.92 Å². The van der Waals surface area contributed by atoms with Crippen LogP contribution in [0.2, 0.25) is 0 Å². The Labute approximate surface area is 84.9 Å². The van der Waals surface area contributed by atoms with Gasteiger partial charge in [-0.15, -0.1) is 11.6 Å². The molecule has 1 saturated carbocycles. The van der Waals surface area contributed by atoms with Crippen LogP contribution in [0, 0.1) is 5.92 Å². The van der Waals surface area contributed by atoms with Crippen LogP contribution in [0.25, 0.3) is 0 Å². The van der Waals surface area contributed by atoms with Crippen LogP contribution in [0.3, 0.4) is 0 Å². The average molecular weight is 226 g/mol.